The third kappa shape index (κ3) is 3.52. The van der Waals surface area contributed by atoms with Crippen LogP contribution in [0, 0.1) is 11.6 Å². The zero-order valence-electron chi connectivity index (χ0n) is 12.2. The lowest BCUT2D eigenvalue weighted by Gasteiger charge is -2.11. The molecule has 0 atom stereocenters. The summed E-state index contributed by atoms with van der Waals surface area (Å²) >= 11 is 0. The lowest BCUT2D eigenvalue weighted by molar-refractivity contribution is 0.0946. The summed E-state index contributed by atoms with van der Waals surface area (Å²) in [5.41, 5.74) is 0.494. The summed E-state index contributed by atoms with van der Waals surface area (Å²) in [6.45, 7) is 0.142. The van der Waals surface area contributed by atoms with Crippen molar-refractivity contribution in [1.82, 2.24) is 5.32 Å². The van der Waals surface area contributed by atoms with E-state index in [4.69, 9.17) is 9.47 Å². The van der Waals surface area contributed by atoms with Gasteiger partial charge < -0.3 is 14.8 Å². The van der Waals surface area contributed by atoms with E-state index in [-0.39, 0.29) is 12.1 Å². The van der Waals surface area contributed by atoms with Crippen LogP contribution in [0.15, 0.2) is 36.4 Å². The fourth-order valence-corrected chi connectivity index (χ4v) is 1.94. The summed E-state index contributed by atoms with van der Waals surface area (Å²) in [7, 11) is 3.03. The molecule has 6 heteroatoms. The highest BCUT2D eigenvalue weighted by atomic mass is 19.1. The van der Waals surface area contributed by atoms with Crippen LogP contribution in [0.4, 0.5) is 8.78 Å². The molecule has 0 aliphatic carbocycles. The van der Waals surface area contributed by atoms with Crippen LogP contribution in [-0.4, -0.2) is 20.1 Å². The maximum absolute atomic E-state index is 13.5. The molecule has 0 heterocycles. The van der Waals surface area contributed by atoms with E-state index in [0.717, 1.165) is 12.1 Å². The van der Waals surface area contributed by atoms with E-state index in [1.165, 1.54) is 14.2 Å². The number of carbonyl (C=O) groups is 1. The smallest absolute Gasteiger partial charge is 0.254 e. The number of benzene rings is 2. The average molecular weight is 307 g/mol. The van der Waals surface area contributed by atoms with Gasteiger partial charge in [-0.15, -0.1) is 0 Å². The van der Waals surface area contributed by atoms with Crippen molar-refractivity contribution in [1.29, 1.82) is 0 Å². The zero-order valence-corrected chi connectivity index (χ0v) is 12.2. The molecule has 2 rings (SSSR count). The Morgan fingerprint density at radius 3 is 2.50 bits per heavy atom. The largest absolute Gasteiger partial charge is 0.497 e. The molecule has 0 fully saturated rings. The number of hydrogen-bond acceptors (Lipinski definition) is 3. The van der Waals surface area contributed by atoms with Crippen molar-refractivity contribution in [2.75, 3.05) is 14.2 Å². The van der Waals surface area contributed by atoms with Crippen LogP contribution in [-0.2, 0) is 6.54 Å². The molecule has 0 aromatic heterocycles. The fourth-order valence-electron chi connectivity index (χ4n) is 1.94. The molecule has 0 aliphatic rings. The second kappa shape index (κ2) is 6.89. The van der Waals surface area contributed by atoms with Gasteiger partial charge in [0, 0.05) is 24.2 Å². The lowest BCUT2D eigenvalue weighted by Crippen LogP contribution is -2.24. The molecule has 0 aliphatic heterocycles. The van der Waals surface area contributed by atoms with E-state index < -0.39 is 17.5 Å². The third-order valence-corrected chi connectivity index (χ3v) is 3.11. The normalized spacial score (nSPS) is 10.2. The molecular weight excluding hydrogens is 292 g/mol. The number of methoxy groups -OCH3 is 2. The Bertz CT molecular complexity index is 689. The summed E-state index contributed by atoms with van der Waals surface area (Å²) in [5.74, 6) is -1.10. The molecule has 1 N–H and O–H groups in total. The first kappa shape index (κ1) is 15.8. The second-order valence-electron chi connectivity index (χ2n) is 4.48. The quantitative estimate of drug-likeness (QED) is 0.924. The van der Waals surface area contributed by atoms with Gasteiger partial charge in [-0.1, -0.05) is 0 Å². The van der Waals surface area contributed by atoms with Crippen molar-refractivity contribution in [2.24, 2.45) is 0 Å². The van der Waals surface area contributed by atoms with Crippen LogP contribution in [0.1, 0.15) is 15.9 Å². The molecular formula is C16H15F2NO3. The van der Waals surface area contributed by atoms with Gasteiger partial charge >= 0.3 is 0 Å². The minimum Gasteiger partial charge on any atom is -0.497 e. The molecule has 0 saturated heterocycles. The number of rotatable bonds is 5. The number of hydrogen-bond donors (Lipinski definition) is 1. The number of ether oxygens (including phenoxy) is 2. The maximum atomic E-state index is 13.5. The van der Waals surface area contributed by atoms with E-state index in [9.17, 15) is 13.6 Å². The number of halogens is 2. The molecule has 0 bridgehead atoms. The number of amides is 1. The average Bonchev–Trinajstić information content (AvgIpc) is 2.52. The van der Waals surface area contributed by atoms with Crippen LogP contribution in [0.3, 0.4) is 0 Å². The van der Waals surface area contributed by atoms with Crippen molar-refractivity contribution >= 4 is 5.91 Å². The Morgan fingerprint density at radius 2 is 1.86 bits per heavy atom. The number of nitrogens with one attached hydrogen (secondary N) is 1. The minimum atomic E-state index is -0.904. The van der Waals surface area contributed by atoms with Crippen molar-refractivity contribution in [3.63, 3.8) is 0 Å². The zero-order chi connectivity index (χ0) is 16.1. The van der Waals surface area contributed by atoms with Crippen LogP contribution in [0.2, 0.25) is 0 Å². The first-order valence-corrected chi connectivity index (χ1v) is 6.49. The topological polar surface area (TPSA) is 47.6 Å². The van der Waals surface area contributed by atoms with Crippen LogP contribution < -0.4 is 14.8 Å². The van der Waals surface area contributed by atoms with Crippen LogP contribution in [0.5, 0.6) is 11.5 Å². The molecule has 0 unspecified atom stereocenters. The van der Waals surface area contributed by atoms with Crippen LogP contribution in [0.25, 0.3) is 0 Å². The van der Waals surface area contributed by atoms with E-state index in [1.807, 2.05) is 0 Å². The van der Waals surface area contributed by atoms with E-state index >= 15 is 0 Å². The summed E-state index contributed by atoms with van der Waals surface area (Å²) in [6, 6.07) is 7.95. The summed E-state index contributed by atoms with van der Waals surface area (Å²) < 4.78 is 36.7. The van der Waals surface area contributed by atoms with Crippen molar-refractivity contribution in [3.05, 3.63) is 59.2 Å². The standard InChI is InChI=1S/C16H15F2NO3/c1-21-12-5-3-10(15(8-12)22-2)9-19-16(20)13-6-4-11(17)7-14(13)18/h3-8H,9H2,1-2H3,(H,19,20). The molecule has 22 heavy (non-hydrogen) atoms. The van der Waals surface area contributed by atoms with Gasteiger partial charge in [-0.05, 0) is 24.3 Å². The van der Waals surface area contributed by atoms with Crippen molar-refractivity contribution in [2.45, 2.75) is 6.54 Å². The fraction of sp³-hybridized carbons (Fsp3) is 0.188. The predicted octanol–water partition coefficient (Wildman–Crippen LogP) is 2.91. The second-order valence-corrected chi connectivity index (χ2v) is 4.48. The molecule has 2 aromatic rings. The molecule has 0 radical (unpaired) electrons. The molecule has 0 saturated carbocycles. The maximum Gasteiger partial charge on any atom is 0.254 e. The molecule has 116 valence electrons. The van der Waals surface area contributed by atoms with Gasteiger partial charge in [0.2, 0.25) is 0 Å². The van der Waals surface area contributed by atoms with Crippen molar-refractivity contribution in [3.8, 4) is 11.5 Å². The SMILES string of the molecule is COc1ccc(CNC(=O)c2ccc(F)cc2F)c(OC)c1. The van der Waals surface area contributed by atoms with Crippen molar-refractivity contribution < 1.29 is 23.0 Å². The molecule has 4 nitrogen and oxygen atoms in total. The summed E-state index contributed by atoms with van der Waals surface area (Å²) in [4.78, 5) is 11.9. The highest BCUT2D eigenvalue weighted by Gasteiger charge is 2.13. The van der Waals surface area contributed by atoms with Gasteiger partial charge in [-0.25, -0.2) is 8.78 Å². The third-order valence-electron chi connectivity index (χ3n) is 3.11. The molecule has 2 aromatic carbocycles. The van der Waals surface area contributed by atoms with E-state index in [2.05, 4.69) is 5.32 Å². The first-order valence-electron chi connectivity index (χ1n) is 6.49. The summed E-state index contributed by atoms with van der Waals surface area (Å²) in [6.07, 6.45) is 0. The minimum absolute atomic E-state index is 0.142. The Labute approximate surface area is 126 Å². The summed E-state index contributed by atoms with van der Waals surface area (Å²) in [5, 5.41) is 2.57. The van der Waals surface area contributed by atoms with Gasteiger partial charge in [0.25, 0.3) is 5.91 Å². The lowest BCUT2D eigenvalue weighted by atomic mass is 10.1. The highest BCUT2D eigenvalue weighted by molar-refractivity contribution is 5.94. The molecule has 1 amide bonds. The Morgan fingerprint density at radius 1 is 1.09 bits per heavy atom. The van der Waals surface area contributed by atoms with E-state index in [0.29, 0.717) is 23.1 Å². The highest BCUT2D eigenvalue weighted by Crippen LogP contribution is 2.24. The Kier molecular flexibility index (Phi) is 4.93. The first-order chi connectivity index (χ1) is 10.5. The Balaban J connectivity index is 2.11. The molecule has 0 spiro atoms. The van der Waals surface area contributed by atoms with Gasteiger partial charge in [-0.2, -0.15) is 0 Å². The number of carbonyl (C=O) groups excluding carboxylic acids is 1. The van der Waals surface area contributed by atoms with Crippen LogP contribution >= 0.6 is 0 Å². The monoisotopic (exact) mass is 307 g/mol. The van der Waals surface area contributed by atoms with Gasteiger partial charge in [0.1, 0.15) is 23.1 Å². The van der Waals surface area contributed by atoms with Gasteiger partial charge in [-0.3, -0.25) is 4.79 Å². The van der Waals surface area contributed by atoms with Gasteiger partial charge in [0.05, 0.1) is 19.8 Å². The predicted molar refractivity (Wildman–Crippen MR) is 77.1 cm³/mol. The van der Waals surface area contributed by atoms with E-state index in [1.54, 1.807) is 18.2 Å². The Hall–Kier alpha value is -2.63. The van der Waals surface area contributed by atoms with Gasteiger partial charge in [0.15, 0.2) is 0 Å².